The molecule has 0 bridgehead atoms. The average Bonchev–Trinajstić information content (AvgIpc) is 3.23. The molecule has 5 rings (SSSR count). The van der Waals surface area contributed by atoms with Crippen LogP contribution in [0.3, 0.4) is 0 Å². The summed E-state index contributed by atoms with van der Waals surface area (Å²) in [6.07, 6.45) is 3.52. The summed E-state index contributed by atoms with van der Waals surface area (Å²) < 4.78 is 0. The lowest BCUT2D eigenvalue weighted by Gasteiger charge is -2.39. The Bertz CT molecular complexity index is 1370. The van der Waals surface area contributed by atoms with Crippen LogP contribution in [0.1, 0.15) is 95.0 Å². The number of nitriles is 1. The molecule has 4 heteroatoms. The van der Waals surface area contributed by atoms with E-state index in [-0.39, 0.29) is 0 Å². The molecular formula is C32H40N4. The van der Waals surface area contributed by atoms with Crippen LogP contribution in [-0.2, 0) is 6.42 Å². The second-order valence-electron chi connectivity index (χ2n) is 11.4. The maximum Gasteiger partial charge on any atom is 0.119 e. The number of nitrogens with one attached hydrogen (secondary N) is 1. The van der Waals surface area contributed by atoms with E-state index in [1.165, 1.54) is 64.8 Å². The minimum absolute atomic E-state index is 0.299. The van der Waals surface area contributed by atoms with E-state index in [0.29, 0.717) is 23.6 Å². The van der Waals surface area contributed by atoms with Crippen LogP contribution >= 0.6 is 0 Å². The quantitative estimate of drug-likeness (QED) is 0.413. The summed E-state index contributed by atoms with van der Waals surface area (Å²) >= 11 is 0. The molecule has 1 saturated heterocycles. The predicted octanol–water partition coefficient (Wildman–Crippen LogP) is 7.89. The summed E-state index contributed by atoms with van der Waals surface area (Å²) in [4.78, 5) is 8.84. The number of likely N-dealkylation sites (tertiary alicyclic amines) is 1. The van der Waals surface area contributed by atoms with E-state index >= 15 is 0 Å². The Balaban J connectivity index is 1.71. The number of piperidine rings is 1. The van der Waals surface area contributed by atoms with Crippen molar-refractivity contribution in [2.75, 3.05) is 18.0 Å². The van der Waals surface area contributed by atoms with Crippen LogP contribution in [0.25, 0.3) is 16.5 Å². The summed E-state index contributed by atoms with van der Waals surface area (Å²) in [6, 6.07) is 14.3. The molecule has 2 aromatic carbocycles. The zero-order valence-corrected chi connectivity index (χ0v) is 23.0. The molecule has 1 aromatic heterocycles. The van der Waals surface area contributed by atoms with Gasteiger partial charge in [-0.3, -0.25) is 0 Å². The van der Waals surface area contributed by atoms with Crippen molar-refractivity contribution >= 4 is 28.0 Å². The number of H-pyrrole nitrogens is 1. The van der Waals surface area contributed by atoms with Gasteiger partial charge in [0.05, 0.1) is 17.3 Å². The minimum Gasteiger partial charge on any atom is -0.341 e. The highest BCUT2D eigenvalue weighted by Gasteiger charge is 2.34. The van der Waals surface area contributed by atoms with Crippen LogP contribution in [0.4, 0.5) is 11.5 Å². The fraction of sp³-hybridized carbons (Fsp3) is 0.469. The summed E-state index contributed by atoms with van der Waals surface area (Å²) in [5, 5.41) is 10.7. The lowest BCUT2D eigenvalue weighted by Crippen LogP contribution is -2.38. The number of aromatic nitrogens is 1. The number of hydrogen-bond donors (Lipinski definition) is 1. The highest BCUT2D eigenvalue weighted by molar-refractivity contribution is 6.09. The van der Waals surface area contributed by atoms with E-state index < -0.39 is 0 Å². The molecule has 0 atom stereocenters. The summed E-state index contributed by atoms with van der Waals surface area (Å²) in [5.74, 6) is 1.77. The lowest BCUT2D eigenvalue weighted by atomic mass is 9.80. The van der Waals surface area contributed by atoms with Gasteiger partial charge in [0.2, 0.25) is 0 Å². The number of nitrogens with zero attached hydrogens (tertiary/aromatic N) is 3. The molecule has 188 valence electrons. The second kappa shape index (κ2) is 9.45. The Hall–Kier alpha value is -3.03. The third-order valence-corrected chi connectivity index (χ3v) is 8.28. The van der Waals surface area contributed by atoms with E-state index in [0.717, 1.165) is 17.8 Å². The van der Waals surface area contributed by atoms with Gasteiger partial charge in [0, 0.05) is 34.1 Å². The Kier molecular flexibility index (Phi) is 6.47. The number of benzene rings is 2. The number of anilines is 2. The van der Waals surface area contributed by atoms with Crippen molar-refractivity contribution in [3.8, 4) is 6.07 Å². The molecule has 0 unspecified atom stereocenters. The molecule has 0 amide bonds. The van der Waals surface area contributed by atoms with Crippen molar-refractivity contribution < 1.29 is 0 Å². The SMILES string of the molecule is CCc1cc2c(cc1C1CCN(C(C)C)CC1)N(C(C)C)c1[nH]c3cc(C#N)ccc3c1C2=C(C)C. The number of aromatic amines is 1. The molecule has 1 fully saturated rings. The molecule has 36 heavy (non-hydrogen) atoms. The smallest absolute Gasteiger partial charge is 0.119 e. The van der Waals surface area contributed by atoms with Crippen LogP contribution in [0.15, 0.2) is 35.9 Å². The van der Waals surface area contributed by atoms with Crippen molar-refractivity contribution in [3.05, 3.63) is 63.7 Å². The van der Waals surface area contributed by atoms with Gasteiger partial charge in [0.25, 0.3) is 0 Å². The Morgan fingerprint density at radius 2 is 1.78 bits per heavy atom. The van der Waals surface area contributed by atoms with Gasteiger partial charge in [-0.25, -0.2) is 0 Å². The molecule has 2 aliphatic rings. The van der Waals surface area contributed by atoms with Gasteiger partial charge in [-0.2, -0.15) is 5.26 Å². The van der Waals surface area contributed by atoms with Crippen molar-refractivity contribution in [2.45, 2.75) is 85.7 Å². The molecule has 0 aliphatic carbocycles. The van der Waals surface area contributed by atoms with Crippen LogP contribution in [0.5, 0.6) is 0 Å². The zero-order valence-electron chi connectivity index (χ0n) is 23.0. The Morgan fingerprint density at radius 3 is 2.36 bits per heavy atom. The largest absolute Gasteiger partial charge is 0.341 e. The zero-order chi connectivity index (χ0) is 25.7. The van der Waals surface area contributed by atoms with Gasteiger partial charge in [0.1, 0.15) is 5.82 Å². The molecule has 3 aromatic rings. The van der Waals surface area contributed by atoms with Crippen LogP contribution in [-0.4, -0.2) is 35.1 Å². The summed E-state index contributed by atoms with van der Waals surface area (Å²) in [5.41, 5.74) is 11.4. The van der Waals surface area contributed by atoms with E-state index in [1.807, 2.05) is 12.1 Å². The van der Waals surface area contributed by atoms with Gasteiger partial charge in [-0.15, -0.1) is 0 Å². The highest BCUT2D eigenvalue weighted by atomic mass is 15.2. The average molecular weight is 481 g/mol. The number of allylic oxidation sites excluding steroid dienone is 1. The Morgan fingerprint density at radius 1 is 1.06 bits per heavy atom. The topological polar surface area (TPSA) is 46.1 Å². The van der Waals surface area contributed by atoms with Gasteiger partial charge in [-0.05, 0) is 121 Å². The summed E-state index contributed by atoms with van der Waals surface area (Å²) in [6.45, 7) is 18.3. The van der Waals surface area contributed by atoms with E-state index in [2.05, 4.69) is 87.5 Å². The van der Waals surface area contributed by atoms with Crippen LogP contribution < -0.4 is 4.90 Å². The van der Waals surface area contributed by atoms with Crippen molar-refractivity contribution in [2.24, 2.45) is 0 Å². The predicted molar refractivity (Wildman–Crippen MR) is 152 cm³/mol. The fourth-order valence-electron chi connectivity index (χ4n) is 6.46. The van der Waals surface area contributed by atoms with Gasteiger partial charge in [0.15, 0.2) is 0 Å². The van der Waals surface area contributed by atoms with Crippen LogP contribution in [0, 0.1) is 11.3 Å². The third kappa shape index (κ3) is 3.95. The number of fused-ring (bicyclic) bond motifs is 4. The van der Waals surface area contributed by atoms with Gasteiger partial charge >= 0.3 is 0 Å². The first-order valence-corrected chi connectivity index (χ1v) is 13.7. The monoisotopic (exact) mass is 480 g/mol. The Labute approximate surface area is 216 Å². The third-order valence-electron chi connectivity index (χ3n) is 8.28. The summed E-state index contributed by atoms with van der Waals surface area (Å²) in [7, 11) is 0. The standard InChI is InChI=1S/C32H40N4/c1-8-23-16-27-29(17-26(23)24-11-13-35(14-12-24)20(4)5)36(21(6)7)32-31(30(27)19(2)3)25-10-9-22(18-33)15-28(25)34-32/h9-10,15-17,20-21,24,34H,8,11-14H2,1-7H3. The first kappa shape index (κ1) is 24.7. The number of aryl methyl sites for hydroxylation is 1. The van der Waals surface area contributed by atoms with Gasteiger partial charge in [-0.1, -0.05) is 18.6 Å². The molecule has 4 nitrogen and oxygen atoms in total. The van der Waals surface area contributed by atoms with E-state index in [1.54, 1.807) is 5.56 Å². The van der Waals surface area contributed by atoms with E-state index in [9.17, 15) is 5.26 Å². The van der Waals surface area contributed by atoms with Crippen molar-refractivity contribution in [1.82, 2.24) is 9.88 Å². The number of rotatable bonds is 4. The highest BCUT2D eigenvalue weighted by Crippen LogP contribution is 2.51. The maximum absolute atomic E-state index is 9.49. The normalized spacial score (nSPS) is 16.6. The second-order valence-corrected chi connectivity index (χ2v) is 11.4. The molecule has 2 aliphatic heterocycles. The maximum atomic E-state index is 9.49. The van der Waals surface area contributed by atoms with Crippen LogP contribution in [0.2, 0.25) is 0 Å². The van der Waals surface area contributed by atoms with Gasteiger partial charge < -0.3 is 14.8 Å². The molecule has 3 heterocycles. The minimum atomic E-state index is 0.299. The first-order chi connectivity index (χ1) is 17.2. The molecule has 0 saturated carbocycles. The van der Waals surface area contributed by atoms with Crippen molar-refractivity contribution in [3.63, 3.8) is 0 Å². The molecule has 1 N–H and O–H groups in total. The molecular weight excluding hydrogens is 440 g/mol. The molecule has 0 spiro atoms. The fourth-order valence-corrected chi connectivity index (χ4v) is 6.46. The molecule has 0 radical (unpaired) electrons. The lowest BCUT2D eigenvalue weighted by molar-refractivity contribution is 0.171. The van der Waals surface area contributed by atoms with E-state index in [4.69, 9.17) is 0 Å². The van der Waals surface area contributed by atoms with Crippen molar-refractivity contribution in [1.29, 1.82) is 5.26 Å². The number of hydrogen-bond acceptors (Lipinski definition) is 3. The first-order valence-electron chi connectivity index (χ1n) is 13.7.